The molecule has 1 rings (SSSR count). The molecule has 0 aromatic carbocycles. The van der Waals surface area contributed by atoms with Gasteiger partial charge < -0.3 is 4.74 Å². The van der Waals surface area contributed by atoms with Crippen LogP contribution < -0.4 is 11.3 Å². The van der Waals surface area contributed by atoms with Gasteiger partial charge in [0.05, 0.1) is 18.8 Å². The Labute approximate surface area is 93.1 Å². The first-order valence-corrected chi connectivity index (χ1v) is 5.88. The van der Waals surface area contributed by atoms with E-state index in [1.54, 1.807) is 0 Å². The quantitative estimate of drug-likeness (QED) is 0.532. The monoisotopic (exact) mass is 215 g/mol. The average Bonchev–Trinajstić information content (AvgIpc) is 2.18. The number of hydrogen-bond acceptors (Lipinski definition) is 4. The van der Waals surface area contributed by atoms with Crippen LogP contribution in [0.4, 0.5) is 0 Å². The van der Waals surface area contributed by atoms with Crippen molar-refractivity contribution < 1.29 is 4.74 Å². The molecule has 90 valence electrons. The normalized spacial score (nSPS) is 26.2. The number of morpholine rings is 1. The largest absolute Gasteiger partial charge is 0.374 e. The average molecular weight is 215 g/mol. The van der Waals surface area contributed by atoms with Gasteiger partial charge in [0.1, 0.15) is 0 Å². The molecule has 4 heteroatoms. The fourth-order valence-electron chi connectivity index (χ4n) is 2.11. The summed E-state index contributed by atoms with van der Waals surface area (Å²) in [6, 6.07) is 0.827. The lowest BCUT2D eigenvalue weighted by molar-refractivity contribution is -0.0624. The van der Waals surface area contributed by atoms with Crippen LogP contribution in [-0.2, 0) is 4.74 Å². The molecular weight excluding hydrogens is 190 g/mol. The summed E-state index contributed by atoms with van der Waals surface area (Å²) in [6.45, 7) is 11.6. The Morgan fingerprint density at radius 2 is 2.00 bits per heavy atom. The maximum atomic E-state index is 5.79. The van der Waals surface area contributed by atoms with E-state index >= 15 is 0 Å². The van der Waals surface area contributed by atoms with Gasteiger partial charge in [-0.25, -0.2) is 0 Å². The molecule has 0 saturated carbocycles. The van der Waals surface area contributed by atoms with Crippen molar-refractivity contribution in [1.29, 1.82) is 0 Å². The minimum atomic E-state index is 0.214. The molecule has 1 saturated heterocycles. The zero-order valence-electron chi connectivity index (χ0n) is 10.4. The molecule has 1 aliphatic rings. The fourth-order valence-corrected chi connectivity index (χ4v) is 2.11. The van der Waals surface area contributed by atoms with E-state index in [1.165, 1.54) is 0 Å². The summed E-state index contributed by atoms with van der Waals surface area (Å²) in [6.07, 6.45) is 0.214. The van der Waals surface area contributed by atoms with Gasteiger partial charge in [-0.05, 0) is 19.8 Å². The van der Waals surface area contributed by atoms with Gasteiger partial charge in [0.15, 0.2) is 0 Å². The maximum Gasteiger partial charge on any atom is 0.0871 e. The van der Waals surface area contributed by atoms with Crippen molar-refractivity contribution in [2.45, 2.75) is 45.9 Å². The molecule has 0 aromatic heterocycles. The van der Waals surface area contributed by atoms with E-state index in [1.807, 2.05) is 0 Å². The lowest BCUT2D eigenvalue weighted by Crippen LogP contribution is -2.57. The number of hydrogen-bond donors (Lipinski definition) is 2. The van der Waals surface area contributed by atoms with Crippen molar-refractivity contribution in [2.75, 3.05) is 19.7 Å². The van der Waals surface area contributed by atoms with E-state index in [9.17, 15) is 0 Å². The second-order valence-corrected chi connectivity index (χ2v) is 4.93. The predicted octanol–water partition coefficient (Wildman–Crippen LogP) is 0.584. The van der Waals surface area contributed by atoms with Crippen LogP contribution in [0.1, 0.15) is 27.7 Å². The van der Waals surface area contributed by atoms with E-state index in [4.69, 9.17) is 10.6 Å². The van der Waals surface area contributed by atoms with Gasteiger partial charge in [-0.2, -0.15) is 0 Å². The summed E-state index contributed by atoms with van der Waals surface area (Å²) in [5.74, 6) is 6.07. The van der Waals surface area contributed by atoms with Crippen LogP contribution in [0, 0.1) is 5.92 Å². The predicted molar refractivity (Wildman–Crippen MR) is 62.4 cm³/mol. The molecule has 1 heterocycles. The third-order valence-electron chi connectivity index (χ3n) is 3.17. The molecule has 15 heavy (non-hydrogen) atoms. The van der Waals surface area contributed by atoms with Crippen LogP contribution in [0.25, 0.3) is 0 Å². The molecule has 0 bridgehead atoms. The highest BCUT2D eigenvalue weighted by Gasteiger charge is 2.30. The van der Waals surface area contributed by atoms with Crippen LogP contribution in [0.15, 0.2) is 0 Å². The van der Waals surface area contributed by atoms with E-state index < -0.39 is 0 Å². The van der Waals surface area contributed by atoms with Gasteiger partial charge in [-0.15, -0.1) is 0 Å². The van der Waals surface area contributed by atoms with E-state index in [0.717, 1.165) is 19.7 Å². The van der Waals surface area contributed by atoms with Crippen molar-refractivity contribution in [2.24, 2.45) is 11.8 Å². The Balaban J connectivity index is 2.54. The fraction of sp³-hybridized carbons (Fsp3) is 1.00. The van der Waals surface area contributed by atoms with Gasteiger partial charge in [0, 0.05) is 19.1 Å². The maximum absolute atomic E-state index is 5.79. The molecule has 2 atom stereocenters. The topological polar surface area (TPSA) is 50.5 Å². The summed E-state index contributed by atoms with van der Waals surface area (Å²) in [4.78, 5) is 2.45. The Morgan fingerprint density at radius 3 is 2.47 bits per heavy atom. The van der Waals surface area contributed by atoms with Crippen LogP contribution in [0.5, 0.6) is 0 Å². The molecule has 1 fully saturated rings. The van der Waals surface area contributed by atoms with E-state index in [2.05, 4.69) is 38.0 Å². The van der Waals surface area contributed by atoms with Gasteiger partial charge in [-0.1, -0.05) is 13.8 Å². The third kappa shape index (κ3) is 3.41. The molecule has 0 aliphatic carbocycles. The first-order chi connectivity index (χ1) is 7.06. The second kappa shape index (κ2) is 5.80. The van der Waals surface area contributed by atoms with Crippen molar-refractivity contribution in [3.05, 3.63) is 0 Å². The summed E-state index contributed by atoms with van der Waals surface area (Å²) in [5.41, 5.74) is 2.88. The number of rotatable bonds is 4. The number of nitrogens with two attached hydrogens (primary N) is 1. The first kappa shape index (κ1) is 12.9. The highest BCUT2D eigenvalue weighted by atomic mass is 16.5. The Morgan fingerprint density at radius 1 is 1.33 bits per heavy atom. The minimum Gasteiger partial charge on any atom is -0.374 e. The molecular formula is C11H25N3O. The molecule has 0 spiro atoms. The minimum absolute atomic E-state index is 0.214. The van der Waals surface area contributed by atoms with Gasteiger partial charge in [0.25, 0.3) is 0 Å². The molecule has 1 aliphatic heterocycles. The van der Waals surface area contributed by atoms with Crippen molar-refractivity contribution in [1.82, 2.24) is 10.3 Å². The molecule has 0 aromatic rings. The van der Waals surface area contributed by atoms with Crippen molar-refractivity contribution in [3.63, 3.8) is 0 Å². The molecule has 4 nitrogen and oxygen atoms in total. The smallest absolute Gasteiger partial charge is 0.0871 e. The van der Waals surface area contributed by atoms with Crippen LogP contribution in [0.2, 0.25) is 0 Å². The van der Waals surface area contributed by atoms with Gasteiger partial charge in [-0.3, -0.25) is 16.2 Å². The Bertz CT molecular complexity index is 185. The SMILES string of the molecule is CC(C)C(NN)C1CN(C(C)C)CCO1. The number of hydrazine groups is 1. The molecule has 0 radical (unpaired) electrons. The Hall–Kier alpha value is -0.160. The van der Waals surface area contributed by atoms with Crippen molar-refractivity contribution in [3.8, 4) is 0 Å². The Kier molecular flexibility index (Phi) is 4.99. The van der Waals surface area contributed by atoms with Crippen LogP contribution >= 0.6 is 0 Å². The van der Waals surface area contributed by atoms with Crippen LogP contribution in [-0.4, -0.2) is 42.8 Å². The van der Waals surface area contributed by atoms with Gasteiger partial charge >= 0.3 is 0 Å². The lowest BCUT2D eigenvalue weighted by Gasteiger charge is -2.39. The second-order valence-electron chi connectivity index (χ2n) is 4.93. The lowest BCUT2D eigenvalue weighted by atomic mass is 9.97. The number of ether oxygens (including phenoxy) is 1. The van der Waals surface area contributed by atoms with E-state index in [0.29, 0.717) is 12.0 Å². The standard InChI is InChI=1S/C11H25N3O/c1-8(2)11(13-12)10-7-14(9(3)4)5-6-15-10/h8-11,13H,5-7,12H2,1-4H3. The highest BCUT2D eigenvalue weighted by molar-refractivity contribution is 4.84. The van der Waals surface area contributed by atoms with E-state index in [-0.39, 0.29) is 12.1 Å². The third-order valence-corrected chi connectivity index (χ3v) is 3.17. The first-order valence-electron chi connectivity index (χ1n) is 5.88. The van der Waals surface area contributed by atoms with Crippen LogP contribution in [0.3, 0.4) is 0 Å². The van der Waals surface area contributed by atoms with Crippen molar-refractivity contribution >= 4 is 0 Å². The summed E-state index contributed by atoms with van der Waals surface area (Å²) < 4.78 is 5.79. The summed E-state index contributed by atoms with van der Waals surface area (Å²) in [7, 11) is 0. The molecule has 0 amide bonds. The summed E-state index contributed by atoms with van der Waals surface area (Å²) in [5, 5.41) is 0. The number of nitrogens with zero attached hydrogens (tertiary/aromatic N) is 1. The highest BCUT2D eigenvalue weighted by Crippen LogP contribution is 2.15. The zero-order chi connectivity index (χ0) is 11.4. The van der Waals surface area contributed by atoms with Gasteiger partial charge in [0.2, 0.25) is 0 Å². The molecule has 2 unspecified atom stereocenters. The molecule has 3 N–H and O–H groups in total. The summed E-state index contributed by atoms with van der Waals surface area (Å²) >= 11 is 0. The number of nitrogens with one attached hydrogen (secondary N) is 1. The zero-order valence-corrected chi connectivity index (χ0v) is 10.4.